The number of ether oxygens (including phenoxy) is 1. The van der Waals surface area contributed by atoms with Crippen LogP contribution in [-0.2, 0) is 4.79 Å². The molecule has 7 nitrogen and oxygen atoms in total. The average Bonchev–Trinajstić information content (AvgIpc) is 2.92. The Morgan fingerprint density at radius 3 is 2.87 bits per heavy atom. The second-order valence-corrected chi connectivity index (χ2v) is 5.49. The number of aryl methyl sites for hydroxylation is 1. The minimum Gasteiger partial charge on any atom is -0.480 e. The van der Waals surface area contributed by atoms with Gasteiger partial charge in [0.15, 0.2) is 11.9 Å². The second kappa shape index (κ2) is 6.08. The van der Waals surface area contributed by atoms with Crippen LogP contribution in [0.25, 0.3) is 0 Å². The smallest absolute Gasteiger partial charge is 0.263 e. The third kappa shape index (κ3) is 3.01. The fourth-order valence-corrected chi connectivity index (χ4v) is 2.45. The highest BCUT2D eigenvalue weighted by Crippen LogP contribution is 2.27. The largest absolute Gasteiger partial charge is 0.480 e. The molecule has 2 heterocycles. The summed E-state index contributed by atoms with van der Waals surface area (Å²) in [6.45, 7) is 4.51. The highest BCUT2D eigenvalue weighted by molar-refractivity contribution is 5.82. The van der Waals surface area contributed by atoms with Gasteiger partial charge in [-0.2, -0.15) is 10.2 Å². The Morgan fingerprint density at radius 1 is 1.48 bits per heavy atom. The van der Waals surface area contributed by atoms with Crippen molar-refractivity contribution in [2.75, 3.05) is 13.1 Å². The molecule has 23 heavy (non-hydrogen) atoms. The summed E-state index contributed by atoms with van der Waals surface area (Å²) in [5.41, 5.74) is 0.412. The quantitative estimate of drug-likeness (QED) is 0.852. The molecule has 118 valence electrons. The van der Waals surface area contributed by atoms with Crippen LogP contribution in [0.2, 0.25) is 0 Å². The SMILES string of the molecule is Cc1noc(C2CN(C(=O)[C@H](C)Oc3ccccc3C#N)C2)n1. The molecule has 0 saturated carbocycles. The predicted octanol–water partition coefficient (Wildman–Crippen LogP) is 1.64. The molecular formula is C16H16N4O3. The van der Waals surface area contributed by atoms with E-state index in [2.05, 4.69) is 16.2 Å². The third-order valence-electron chi connectivity index (χ3n) is 3.74. The van der Waals surface area contributed by atoms with Crippen molar-refractivity contribution in [3.63, 3.8) is 0 Å². The van der Waals surface area contributed by atoms with Gasteiger partial charge in [-0.3, -0.25) is 4.79 Å². The minimum absolute atomic E-state index is 0.0822. The van der Waals surface area contributed by atoms with Crippen molar-refractivity contribution < 1.29 is 14.1 Å². The molecule has 0 aliphatic carbocycles. The molecule has 1 amide bonds. The van der Waals surface area contributed by atoms with Gasteiger partial charge < -0.3 is 14.2 Å². The normalized spacial score (nSPS) is 15.6. The molecule has 1 aromatic carbocycles. The number of nitrogens with zero attached hydrogens (tertiary/aromatic N) is 4. The number of aromatic nitrogens is 2. The Balaban J connectivity index is 1.58. The van der Waals surface area contributed by atoms with Crippen LogP contribution in [-0.4, -0.2) is 40.1 Å². The zero-order valence-electron chi connectivity index (χ0n) is 12.9. The second-order valence-electron chi connectivity index (χ2n) is 5.49. The number of hydrogen-bond donors (Lipinski definition) is 0. The van der Waals surface area contributed by atoms with E-state index in [-0.39, 0.29) is 11.8 Å². The van der Waals surface area contributed by atoms with Crippen molar-refractivity contribution in [3.05, 3.63) is 41.5 Å². The zero-order valence-corrected chi connectivity index (χ0v) is 12.9. The standard InChI is InChI=1S/C16H16N4O3/c1-10(22-14-6-4-3-5-12(14)7-17)16(21)20-8-13(9-20)15-18-11(2)19-23-15/h3-6,10,13H,8-9H2,1-2H3/t10-/m0/s1. The number of hydrogen-bond acceptors (Lipinski definition) is 6. The van der Waals surface area contributed by atoms with Gasteiger partial charge in [0.05, 0.1) is 11.5 Å². The summed E-state index contributed by atoms with van der Waals surface area (Å²) in [5, 5.41) is 12.8. The number of rotatable bonds is 4. The van der Waals surface area contributed by atoms with E-state index in [0.29, 0.717) is 36.1 Å². The predicted molar refractivity (Wildman–Crippen MR) is 79.6 cm³/mol. The summed E-state index contributed by atoms with van der Waals surface area (Å²) in [5.74, 6) is 1.54. The first-order chi connectivity index (χ1) is 11.1. The van der Waals surface area contributed by atoms with Crippen molar-refractivity contribution in [1.29, 1.82) is 5.26 Å². The summed E-state index contributed by atoms with van der Waals surface area (Å²) in [7, 11) is 0. The summed E-state index contributed by atoms with van der Waals surface area (Å²) < 4.78 is 10.8. The van der Waals surface area contributed by atoms with Crippen LogP contribution in [0.5, 0.6) is 5.75 Å². The van der Waals surface area contributed by atoms with Crippen LogP contribution in [0.1, 0.15) is 30.1 Å². The molecular weight excluding hydrogens is 296 g/mol. The van der Waals surface area contributed by atoms with Gasteiger partial charge in [0, 0.05) is 13.1 Å². The van der Waals surface area contributed by atoms with Crippen molar-refractivity contribution in [2.24, 2.45) is 0 Å². The van der Waals surface area contributed by atoms with Crippen LogP contribution in [0.15, 0.2) is 28.8 Å². The number of nitriles is 1. The maximum absolute atomic E-state index is 12.4. The Kier molecular flexibility index (Phi) is 3.98. The Morgan fingerprint density at radius 2 is 2.22 bits per heavy atom. The molecule has 1 fully saturated rings. The lowest BCUT2D eigenvalue weighted by molar-refractivity contribution is -0.142. The minimum atomic E-state index is -0.658. The lowest BCUT2D eigenvalue weighted by atomic mass is 9.99. The molecule has 3 rings (SSSR count). The van der Waals surface area contributed by atoms with Crippen LogP contribution in [0.4, 0.5) is 0 Å². The summed E-state index contributed by atoms with van der Waals surface area (Å²) in [6, 6.07) is 8.91. The van der Waals surface area contributed by atoms with Crippen molar-refractivity contribution in [1.82, 2.24) is 15.0 Å². The van der Waals surface area contributed by atoms with Gasteiger partial charge >= 0.3 is 0 Å². The van der Waals surface area contributed by atoms with Gasteiger partial charge in [0.25, 0.3) is 5.91 Å². The maximum Gasteiger partial charge on any atom is 0.263 e. The molecule has 1 saturated heterocycles. The lowest BCUT2D eigenvalue weighted by Crippen LogP contribution is -2.52. The summed E-state index contributed by atoms with van der Waals surface area (Å²) >= 11 is 0. The van der Waals surface area contributed by atoms with Crippen LogP contribution in [0, 0.1) is 18.3 Å². The molecule has 0 bridgehead atoms. The Bertz CT molecular complexity index is 759. The van der Waals surface area contributed by atoms with Crippen LogP contribution < -0.4 is 4.74 Å². The highest BCUT2D eigenvalue weighted by atomic mass is 16.5. The number of benzene rings is 1. The summed E-state index contributed by atoms with van der Waals surface area (Å²) in [4.78, 5) is 18.2. The monoisotopic (exact) mass is 312 g/mol. The number of amides is 1. The maximum atomic E-state index is 12.4. The molecule has 0 spiro atoms. The lowest BCUT2D eigenvalue weighted by Gasteiger charge is -2.38. The first-order valence-corrected chi connectivity index (χ1v) is 7.33. The van der Waals surface area contributed by atoms with E-state index in [4.69, 9.17) is 14.5 Å². The number of para-hydroxylation sites is 1. The van der Waals surface area contributed by atoms with Gasteiger partial charge in [-0.25, -0.2) is 0 Å². The van der Waals surface area contributed by atoms with E-state index in [1.165, 1.54) is 0 Å². The Hall–Kier alpha value is -2.88. The molecule has 1 aliphatic heterocycles. The topological polar surface area (TPSA) is 92.3 Å². The van der Waals surface area contributed by atoms with E-state index in [0.717, 1.165) is 0 Å². The Labute approximate surface area is 133 Å². The first kappa shape index (κ1) is 15.0. The van der Waals surface area contributed by atoms with Crippen LogP contribution >= 0.6 is 0 Å². The fourth-order valence-electron chi connectivity index (χ4n) is 2.45. The molecule has 2 aromatic rings. The van der Waals surface area contributed by atoms with Gasteiger partial charge in [-0.15, -0.1) is 0 Å². The van der Waals surface area contributed by atoms with Crippen molar-refractivity contribution in [3.8, 4) is 11.8 Å². The molecule has 7 heteroatoms. The molecule has 0 unspecified atom stereocenters. The van der Waals surface area contributed by atoms with E-state index >= 15 is 0 Å². The average molecular weight is 312 g/mol. The fraction of sp³-hybridized carbons (Fsp3) is 0.375. The van der Waals surface area contributed by atoms with Crippen LogP contribution in [0.3, 0.4) is 0 Å². The zero-order chi connectivity index (χ0) is 16.4. The van der Waals surface area contributed by atoms with E-state index in [9.17, 15) is 4.79 Å². The number of likely N-dealkylation sites (tertiary alicyclic amines) is 1. The molecule has 1 atom stereocenters. The first-order valence-electron chi connectivity index (χ1n) is 7.33. The third-order valence-corrected chi connectivity index (χ3v) is 3.74. The van der Waals surface area contributed by atoms with Crippen molar-refractivity contribution in [2.45, 2.75) is 25.9 Å². The van der Waals surface area contributed by atoms with Gasteiger partial charge in [0.2, 0.25) is 5.89 Å². The molecule has 1 aromatic heterocycles. The van der Waals surface area contributed by atoms with Gasteiger partial charge in [-0.05, 0) is 26.0 Å². The number of carbonyl (C=O) groups excluding carboxylic acids is 1. The van der Waals surface area contributed by atoms with Gasteiger partial charge in [0.1, 0.15) is 11.8 Å². The van der Waals surface area contributed by atoms with E-state index in [1.54, 1.807) is 43.0 Å². The summed E-state index contributed by atoms with van der Waals surface area (Å²) in [6.07, 6.45) is -0.658. The van der Waals surface area contributed by atoms with Gasteiger partial charge in [-0.1, -0.05) is 17.3 Å². The van der Waals surface area contributed by atoms with Crippen molar-refractivity contribution >= 4 is 5.91 Å². The molecule has 0 radical (unpaired) electrons. The van der Waals surface area contributed by atoms with E-state index in [1.807, 2.05) is 0 Å². The molecule has 1 aliphatic rings. The number of carbonyl (C=O) groups is 1. The van der Waals surface area contributed by atoms with E-state index < -0.39 is 6.10 Å². The molecule has 0 N–H and O–H groups in total. The highest BCUT2D eigenvalue weighted by Gasteiger charge is 2.37.